The lowest BCUT2D eigenvalue weighted by Gasteiger charge is -2.08. The fourth-order valence-corrected chi connectivity index (χ4v) is 2.26. The van der Waals surface area contributed by atoms with Crippen molar-refractivity contribution in [3.63, 3.8) is 0 Å². The smallest absolute Gasteiger partial charge is 0.119 e. The predicted molar refractivity (Wildman–Crippen MR) is 99.2 cm³/mol. The first kappa shape index (κ1) is 17.3. The molecule has 0 aromatic heterocycles. The van der Waals surface area contributed by atoms with Crippen LogP contribution in [0, 0.1) is 0 Å². The van der Waals surface area contributed by atoms with Crippen molar-refractivity contribution in [2.24, 2.45) is 4.99 Å². The van der Waals surface area contributed by atoms with Crippen LogP contribution in [0.15, 0.2) is 53.5 Å². The molecule has 2 rings (SSSR count). The Kier molecular flexibility index (Phi) is 6.86. The van der Waals surface area contributed by atoms with Gasteiger partial charge in [0.2, 0.25) is 0 Å². The van der Waals surface area contributed by atoms with Crippen LogP contribution in [0.1, 0.15) is 57.1 Å². The minimum Gasteiger partial charge on any atom is -0.494 e. The highest BCUT2D eigenvalue weighted by atomic mass is 16.5. The molecule has 0 aliphatic carbocycles. The van der Waals surface area contributed by atoms with Gasteiger partial charge in [-0.3, -0.25) is 4.99 Å². The maximum absolute atomic E-state index is 5.67. The largest absolute Gasteiger partial charge is 0.494 e. The second-order valence-electron chi connectivity index (χ2n) is 5.93. The minimum absolute atomic E-state index is 0.605. The van der Waals surface area contributed by atoms with Gasteiger partial charge in [-0.1, -0.05) is 39.3 Å². The maximum Gasteiger partial charge on any atom is 0.119 e. The SMILES string of the molecule is CCCCOc1ccc(C=Nc2ccc(C(C)CC)cc2)cc1. The Bertz CT molecular complexity index is 599. The summed E-state index contributed by atoms with van der Waals surface area (Å²) in [6.07, 6.45) is 5.31. The van der Waals surface area contributed by atoms with E-state index < -0.39 is 0 Å². The molecule has 2 aromatic carbocycles. The third-order valence-corrected chi connectivity index (χ3v) is 4.08. The Morgan fingerprint density at radius 3 is 2.30 bits per heavy atom. The molecule has 2 aromatic rings. The number of aliphatic imine (C=N–C) groups is 1. The summed E-state index contributed by atoms with van der Waals surface area (Å²) in [4.78, 5) is 4.54. The summed E-state index contributed by atoms with van der Waals surface area (Å²) in [5, 5.41) is 0. The summed E-state index contributed by atoms with van der Waals surface area (Å²) in [5.74, 6) is 1.53. The molecule has 2 heteroatoms. The number of hydrogen-bond acceptors (Lipinski definition) is 2. The van der Waals surface area contributed by atoms with E-state index in [1.54, 1.807) is 0 Å². The summed E-state index contributed by atoms with van der Waals surface area (Å²) >= 11 is 0. The first-order chi connectivity index (χ1) is 11.2. The third-order valence-electron chi connectivity index (χ3n) is 4.08. The van der Waals surface area contributed by atoms with Crippen molar-refractivity contribution in [1.29, 1.82) is 0 Å². The Morgan fingerprint density at radius 1 is 1.00 bits per heavy atom. The Hall–Kier alpha value is -2.09. The average Bonchev–Trinajstić information content (AvgIpc) is 2.61. The van der Waals surface area contributed by atoms with E-state index in [9.17, 15) is 0 Å². The Morgan fingerprint density at radius 2 is 1.70 bits per heavy atom. The molecular formula is C21H27NO. The van der Waals surface area contributed by atoms with Gasteiger partial charge in [0.1, 0.15) is 5.75 Å². The maximum atomic E-state index is 5.67. The first-order valence-corrected chi connectivity index (χ1v) is 8.59. The zero-order valence-electron chi connectivity index (χ0n) is 14.5. The number of unbranched alkanes of at least 4 members (excludes halogenated alkanes) is 1. The molecule has 122 valence electrons. The number of rotatable bonds is 8. The molecule has 0 N–H and O–H groups in total. The van der Waals surface area contributed by atoms with Crippen LogP contribution in [0.5, 0.6) is 5.75 Å². The molecule has 0 spiro atoms. The lowest BCUT2D eigenvalue weighted by molar-refractivity contribution is 0.309. The number of ether oxygens (including phenoxy) is 1. The monoisotopic (exact) mass is 309 g/mol. The topological polar surface area (TPSA) is 21.6 Å². The second-order valence-corrected chi connectivity index (χ2v) is 5.93. The molecular weight excluding hydrogens is 282 g/mol. The summed E-state index contributed by atoms with van der Waals surface area (Å²) in [6.45, 7) is 7.42. The molecule has 0 fully saturated rings. The van der Waals surface area contributed by atoms with Gasteiger partial charge in [0.15, 0.2) is 0 Å². The molecule has 0 saturated heterocycles. The molecule has 23 heavy (non-hydrogen) atoms. The first-order valence-electron chi connectivity index (χ1n) is 8.59. The van der Waals surface area contributed by atoms with Crippen LogP contribution in [0.25, 0.3) is 0 Å². The van der Waals surface area contributed by atoms with Gasteiger partial charge >= 0.3 is 0 Å². The van der Waals surface area contributed by atoms with E-state index >= 15 is 0 Å². The highest BCUT2D eigenvalue weighted by molar-refractivity contribution is 5.82. The van der Waals surface area contributed by atoms with Gasteiger partial charge in [-0.2, -0.15) is 0 Å². The average molecular weight is 309 g/mol. The van der Waals surface area contributed by atoms with Crippen LogP contribution in [0.2, 0.25) is 0 Å². The lowest BCUT2D eigenvalue weighted by Crippen LogP contribution is -1.96. The van der Waals surface area contributed by atoms with E-state index in [1.807, 2.05) is 30.5 Å². The van der Waals surface area contributed by atoms with Crippen molar-refractivity contribution in [2.75, 3.05) is 6.61 Å². The Balaban J connectivity index is 1.94. The predicted octanol–water partition coefficient (Wildman–Crippen LogP) is 6.13. The fourth-order valence-electron chi connectivity index (χ4n) is 2.26. The molecule has 0 bridgehead atoms. The van der Waals surface area contributed by atoms with Crippen molar-refractivity contribution in [2.45, 2.75) is 46.0 Å². The Labute approximate surface area is 140 Å². The van der Waals surface area contributed by atoms with E-state index in [4.69, 9.17) is 4.74 Å². The van der Waals surface area contributed by atoms with Crippen LogP contribution in [-0.2, 0) is 0 Å². The number of hydrogen-bond donors (Lipinski definition) is 0. The van der Waals surface area contributed by atoms with E-state index in [1.165, 1.54) is 5.56 Å². The molecule has 0 heterocycles. The minimum atomic E-state index is 0.605. The number of benzene rings is 2. The molecule has 1 atom stereocenters. The van der Waals surface area contributed by atoms with Gasteiger partial charge in [-0.25, -0.2) is 0 Å². The van der Waals surface area contributed by atoms with Crippen LogP contribution in [0.3, 0.4) is 0 Å². The highest BCUT2D eigenvalue weighted by Gasteiger charge is 2.01. The van der Waals surface area contributed by atoms with Crippen LogP contribution in [0.4, 0.5) is 5.69 Å². The van der Waals surface area contributed by atoms with E-state index in [2.05, 4.69) is 50.0 Å². The van der Waals surface area contributed by atoms with Gasteiger partial charge in [0, 0.05) is 6.21 Å². The van der Waals surface area contributed by atoms with Gasteiger partial charge in [-0.15, -0.1) is 0 Å². The van der Waals surface area contributed by atoms with Crippen molar-refractivity contribution >= 4 is 11.9 Å². The summed E-state index contributed by atoms with van der Waals surface area (Å²) in [5.41, 5.74) is 3.44. The molecule has 0 amide bonds. The van der Waals surface area contributed by atoms with Gasteiger partial charge < -0.3 is 4.74 Å². The quantitative estimate of drug-likeness (QED) is 0.424. The molecule has 1 unspecified atom stereocenters. The van der Waals surface area contributed by atoms with Crippen LogP contribution < -0.4 is 4.74 Å². The highest BCUT2D eigenvalue weighted by Crippen LogP contribution is 2.21. The van der Waals surface area contributed by atoms with E-state index in [0.29, 0.717) is 5.92 Å². The van der Waals surface area contributed by atoms with Crippen molar-refractivity contribution in [3.05, 3.63) is 59.7 Å². The van der Waals surface area contributed by atoms with E-state index in [0.717, 1.165) is 42.9 Å². The molecule has 0 aliphatic heterocycles. The molecule has 0 saturated carbocycles. The number of nitrogens with zero attached hydrogens (tertiary/aromatic N) is 1. The van der Waals surface area contributed by atoms with Crippen LogP contribution >= 0.6 is 0 Å². The van der Waals surface area contributed by atoms with Gasteiger partial charge in [-0.05, 0) is 66.3 Å². The molecule has 2 nitrogen and oxygen atoms in total. The standard InChI is InChI=1S/C21H27NO/c1-4-6-15-23-21-13-7-18(8-14-21)16-22-20-11-9-19(10-12-20)17(3)5-2/h7-14,16-17H,4-6,15H2,1-3H3. The van der Waals surface area contributed by atoms with Crippen molar-refractivity contribution in [1.82, 2.24) is 0 Å². The van der Waals surface area contributed by atoms with Gasteiger partial charge in [0.25, 0.3) is 0 Å². The molecule has 0 radical (unpaired) electrons. The van der Waals surface area contributed by atoms with Crippen LogP contribution in [-0.4, -0.2) is 12.8 Å². The van der Waals surface area contributed by atoms with Crippen molar-refractivity contribution in [3.8, 4) is 5.75 Å². The lowest BCUT2D eigenvalue weighted by atomic mass is 9.99. The summed E-state index contributed by atoms with van der Waals surface area (Å²) in [6, 6.07) is 16.6. The van der Waals surface area contributed by atoms with Gasteiger partial charge in [0.05, 0.1) is 12.3 Å². The molecule has 0 aliphatic rings. The summed E-state index contributed by atoms with van der Waals surface area (Å²) < 4.78 is 5.67. The van der Waals surface area contributed by atoms with E-state index in [-0.39, 0.29) is 0 Å². The van der Waals surface area contributed by atoms with Crippen molar-refractivity contribution < 1.29 is 4.74 Å². The summed E-state index contributed by atoms with van der Waals surface area (Å²) in [7, 11) is 0. The fraction of sp³-hybridized carbons (Fsp3) is 0.381. The zero-order valence-corrected chi connectivity index (χ0v) is 14.5. The zero-order chi connectivity index (χ0) is 16.5. The second kappa shape index (κ2) is 9.14. The third kappa shape index (κ3) is 5.55. The normalized spacial score (nSPS) is 12.5.